The van der Waals surface area contributed by atoms with Crippen molar-refractivity contribution in [1.29, 1.82) is 10.7 Å². The maximum absolute atomic E-state index is 8.10. The number of thiol groups is 1. The summed E-state index contributed by atoms with van der Waals surface area (Å²) in [5, 5.41) is 14.8. The van der Waals surface area contributed by atoms with E-state index in [4.69, 9.17) is 16.4 Å². The molecule has 8 heavy (non-hydrogen) atoms. The van der Waals surface area contributed by atoms with E-state index in [2.05, 4.69) is 12.6 Å². The van der Waals surface area contributed by atoms with Gasteiger partial charge in [-0.1, -0.05) is 0 Å². The summed E-state index contributed by atoms with van der Waals surface area (Å²) in [4.78, 5) is 0.948. The Bertz CT molecular complexity index is 126. The van der Waals surface area contributed by atoms with Gasteiger partial charge in [-0.15, -0.1) is 0 Å². The Labute approximate surface area is 52.8 Å². The minimum Gasteiger partial charge on any atom is -0.369 e. The van der Waals surface area contributed by atoms with Gasteiger partial charge in [-0.3, -0.25) is 5.41 Å². The molecular weight excluding hydrogens is 124 g/mol. The summed E-state index contributed by atoms with van der Waals surface area (Å²) in [6, 6.07) is 0. The molecule has 0 aliphatic heterocycles. The van der Waals surface area contributed by atoms with Crippen molar-refractivity contribution in [2.75, 3.05) is 5.88 Å². The molecule has 0 aromatic heterocycles. The smallest absolute Gasteiger partial charge is 0.202 e. The van der Waals surface area contributed by atoms with Gasteiger partial charge in [0.15, 0.2) is 6.19 Å². The van der Waals surface area contributed by atoms with Crippen LogP contribution in [0.3, 0.4) is 0 Å². The third kappa shape index (κ3) is 1.71. The Morgan fingerprint density at radius 3 is 2.50 bits per heavy atom. The fourth-order valence-corrected chi connectivity index (χ4v) is 0.377. The maximum atomic E-state index is 8.10. The molecule has 0 unspecified atom stereocenters. The third-order valence-corrected chi connectivity index (χ3v) is 0.836. The summed E-state index contributed by atoms with van der Waals surface area (Å²) in [5.74, 6) is -0.117. The lowest BCUT2D eigenvalue weighted by molar-refractivity contribution is 0.671. The molecule has 0 fully saturated rings. The first kappa shape index (κ1) is 7.11. The number of hydrogen-bond donors (Lipinski definition) is 3. The van der Waals surface area contributed by atoms with Gasteiger partial charge in [-0.05, 0) is 0 Å². The molecule has 0 radical (unpaired) electrons. The second-order valence-electron chi connectivity index (χ2n) is 1.05. The van der Waals surface area contributed by atoms with Gasteiger partial charge in [0, 0.05) is 0 Å². The standard InChI is InChI=1S/C3H6N4S/c4-1-7(2-8)3(5)6/h8H,2H2,(H3,5,6). The molecule has 5 heteroatoms. The number of nitrogens with zero attached hydrogens (tertiary/aromatic N) is 2. The van der Waals surface area contributed by atoms with Crippen molar-refractivity contribution in [2.45, 2.75) is 0 Å². The highest BCUT2D eigenvalue weighted by Crippen LogP contribution is 1.83. The lowest BCUT2D eigenvalue weighted by Crippen LogP contribution is -2.31. The monoisotopic (exact) mass is 130 g/mol. The fourth-order valence-electron chi connectivity index (χ4n) is 0.162. The van der Waals surface area contributed by atoms with Gasteiger partial charge in [-0.2, -0.15) is 17.9 Å². The molecule has 0 saturated heterocycles. The molecule has 0 aliphatic rings. The number of hydrogen-bond acceptors (Lipinski definition) is 3. The SMILES string of the molecule is N#CN(CS)C(=N)N. The largest absolute Gasteiger partial charge is 0.369 e. The first-order valence-electron chi connectivity index (χ1n) is 1.84. The van der Waals surface area contributed by atoms with E-state index in [0.717, 1.165) is 4.90 Å². The Kier molecular flexibility index (Phi) is 2.80. The minimum absolute atomic E-state index is 0.159. The number of rotatable bonds is 1. The highest BCUT2D eigenvalue weighted by atomic mass is 32.1. The van der Waals surface area contributed by atoms with Gasteiger partial charge in [0.2, 0.25) is 5.96 Å². The summed E-state index contributed by atoms with van der Waals surface area (Å²) < 4.78 is 0. The van der Waals surface area contributed by atoms with Gasteiger partial charge in [0.1, 0.15) is 0 Å². The third-order valence-electron chi connectivity index (χ3n) is 0.553. The maximum Gasteiger partial charge on any atom is 0.202 e. The summed E-state index contributed by atoms with van der Waals surface area (Å²) in [6.45, 7) is 0. The fraction of sp³-hybridized carbons (Fsp3) is 0.333. The van der Waals surface area contributed by atoms with Crippen molar-refractivity contribution >= 4 is 18.6 Å². The zero-order valence-electron chi connectivity index (χ0n) is 4.13. The van der Waals surface area contributed by atoms with Gasteiger partial charge in [-0.25, -0.2) is 4.90 Å². The lowest BCUT2D eigenvalue weighted by atomic mass is 10.8. The first-order chi connectivity index (χ1) is 3.72. The molecule has 0 saturated carbocycles. The molecule has 0 atom stereocenters. The molecule has 0 bridgehead atoms. The van der Waals surface area contributed by atoms with Crippen LogP contribution in [0, 0.1) is 16.9 Å². The van der Waals surface area contributed by atoms with Crippen molar-refractivity contribution in [3.05, 3.63) is 0 Å². The average Bonchev–Trinajstić information content (AvgIpc) is 1.69. The highest BCUT2D eigenvalue weighted by molar-refractivity contribution is 7.80. The molecule has 0 rings (SSSR count). The normalized spacial score (nSPS) is 7.50. The molecular formula is C3H6N4S. The first-order valence-corrected chi connectivity index (χ1v) is 2.47. The Hall–Kier alpha value is -0.890. The van der Waals surface area contributed by atoms with E-state index in [0.29, 0.717) is 0 Å². The van der Waals surface area contributed by atoms with E-state index in [9.17, 15) is 0 Å². The topological polar surface area (TPSA) is 76.9 Å². The zero-order valence-corrected chi connectivity index (χ0v) is 5.02. The lowest BCUT2D eigenvalue weighted by Gasteiger charge is -2.06. The predicted octanol–water partition coefficient (Wildman–Crippen LogP) is -0.450. The van der Waals surface area contributed by atoms with Crippen LogP contribution in [-0.4, -0.2) is 16.7 Å². The number of nitriles is 1. The van der Waals surface area contributed by atoms with Crippen molar-refractivity contribution < 1.29 is 0 Å². The molecule has 3 N–H and O–H groups in total. The van der Waals surface area contributed by atoms with Gasteiger partial charge >= 0.3 is 0 Å². The quantitative estimate of drug-likeness (QED) is 0.112. The highest BCUT2D eigenvalue weighted by Gasteiger charge is 1.97. The molecule has 0 spiro atoms. The van der Waals surface area contributed by atoms with Gasteiger partial charge in [0.05, 0.1) is 5.88 Å². The molecule has 0 aromatic carbocycles. The van der Waals surface area contributed by atoms with Crippen LogP contribution in [0.2, 0.25) is 0 Å². The molecule has 0 heterocycles. The van der Waals surface area contributed by atoms with Gasteiger partial charge < -0.3 is 5.73 Å². The zero-order chi connectivity index (χ0) is 6.57. The summed E-state index contributed by atoms with van der Waals surface area (Å²) in [6.07, 6.45) is 1.66. The molecule has 0 aromatic rings. The summed E-state index contributed by atoms with van der Waals surface area (Å²) >= 11 is 3.72. The van der Waals surface area contributed by atoms with Crippen molar-refractivity contribution in [3.63, 3.8) is 0 Å². The Morgan fingerprint density at radius 1 is 2.00 bits per heavy atom. The van der Waals surface area contributed by atoms with Crippen LogP contribution in [-0.2, 0) is 0 Å². The number of nitrogens with one attached hydrogen (secondary N) is 1. The number of nitrogens with two attached hydrogens (primary N) is 1. The Balaban J connectivity index is 3.76. The van der Waals surface area contributed by atoms with E-state index in [1.807, 2.05) is 0 Å². The van der Waals surface area contributed by atoms with Gasteiger partial charge in [0.25, 0.3) is 0 Å². The van der Waals surface area contributed by atoms with E-state index in [1.165, 1.54) is 0 Å². The van der Waals surface area contributed by atoms with Crippen molar-refractivity contribution in [3.8, 4) is 6.19 Å². The second kappa shape index (κ2) is 3.16. The van der Waals surface area contributed by atoms with Crippen LogP contribution < -0.4 is 5.73 Å². The molecule has 0 aliphatic carbocycles. The van der Waals surface area contributed by atoms with Crippen molar-refractivity contribution in [1.82, 2.24) is 4.90 Å². The Morgan fingerprint density at radius 2 is 2.50 bits per heavy atom. The van der Waals surface area contributed by atoms with E-state index in [1.54, 1.807) is 6.19 Å². The van der Waals surface area contributed by atoms with Crippen LogP contribution in [0.4, 0.5) is 0 Å². The molecule has 4 nitrogen and oxygen atoms in total. The van der Waals surface area contributed by atoms with E-state index in [-0.39, 0.29) is 11.8 Å². The van der Waals surface area contributed by atoms with Crippen LogP contribution >= 0.6 is 12.6 Å². The predicted molar refractivity (Wildman–Crippen MR) is 33.2 cm³/mol. The second-order valence-corrected chi connectivity index (χ2v) is 1.34. The van der Waals surface area contributed by atoms with Crippen LogP contribution in [0.5, 0.6) is 0 Å². The van der Waals surface area contributed by atoms with E-state index >= 15 is 0 Å². The molecule has 0 amide bonds. The summed E-state index contributed by atoms with van der Waals surface area (Å²) in [7, 11) is 0. The van der Waals surface area contributed by atoms with Crippen molar-refractivity contribution in [2.24, 2.45) is 5.73 Å². The van der Waals surface area contributed by atoms with E-state index < -0.39 is 0 Å². The van der Waals surface area contributed by atoms with Crippen LogP contribution in [0.15, 0.2) is 0 Å². The average molecular weight is 130 g/mol. The molecule has 44 valence electrons. The minimum atomic E-state index is -0.275. The number of guanidine groups is 1. The van der Waals surface area contributed by atoms with Crippen LogP contribution in [0.1, 0.15) is 0 Å². The van der Waals surface area contributed by atoms with Crippen LogP contribution in [0.25, 0.3) is 0 Å². The summed E-state index contributed by atoms with van der Waals surface area (Å²) in [5.41, 5.74) is 4.90.